The van der Waals surface area contributed by atoms with Crippen molar-refractivity contribution >= 4 is 5.57 Å². The zero-order valence-corrected chi connectivity index (χ0v) is 9.17. The Balaban J connectivity index is 2.52. The van der Waals surface area contributed by atoms with Crippen molar-refractivity contribution < 1.29 is 0 Å². The second-order valence-corrected chi connectivity index (χ2v) is 3.81. The van der Waals surface area contributed by atoms with Gasteiger partial charge in [0.1, 0.15) is 0 Å². The Morgan fingerprint density at radius 3 is 2.73 bits per heavy atom. The summed E-state index contributed by atoms with van der Waals surface area (Å²) in [6.07, 6.45) is 4.88. The standard InChI is InChI=1S/C15H14/c1-12-8-4-3-5-10-14(12)15-11-7-6-9-13(15)2/h4,6-9,11H,10H2,1-2H3. The highest BCUT2D eigenvalue weighted by atomic mass is 14.1. The van der Waals surface area contributed by atoms with Crippen LogP contribution in [0.25, 0.3) is 5.57 Å². The Bertz CT molecular complexity index is 490. The Morgan fingerprint density at radius 2 is 1.93 bits per heavy atom. The maximum atomic E-state index is 3.16. The lowest BCUT2D eigenvalue weighted by Crippen LogP contribution is -1.90. The average Bonchev–Trinajstić information content (AvgIpc) is 2.44. The van der Waals surface area contributed by atoms with E-state index in [1.54, 1.807) is 0 Å². The fourth-order valence-electron chi connectivity index (χ4n) is 1.82. The quantitative estimate of drug-likeness (QED) is 0.597. The fourth-order valence-corrected chi connectivity index (χ4v) is 1.82. The molecule has 0 spiro atoms. The largest absolute Gasteiger partial charge is 0.0937 e. The number of hydrogen-bond donors (Lipinski definition) is 0. The SMILES string of the molecule is CC1=C(c2ccccc2C)CC#CC=C1. The van der Waals surface area contributed by atoms with Crippen molar-refractivity contribution in [3.8, 4) is 11.8 Å². The molecule has 15 heavy (non-hydrogen) atoms. The number of benzene rings is 1. The van der Waals surface area contributed by atoms with Crippen LogP contribution in [0.5, 0.6) is 0 Å². The highest BCUT2D eigenvalue weighted by Gasteiger charge is 2.06. The molecule has 2 rings (SSSR count). The van der Waals surface area contributed by atoms with Gasteiger partial charge in [0.05, 0.1) is 0 Å². The summed E-state index contributed by atoms with van der Waals surface area (Å²) < 4.78 is 0. The number of rotatable bonds is 1. The smallest absolute Gasteiger partial charge is 0.0352 e. The molecular formula is C15H14. The van der Waals surface area contributed by atoms with E-state index in [0.717, 1.165) is 6.42 Å². The topological polar surface area (TPSA) is 0 Å². The molecule has 0 heteroatoms. The van der Waals surface area contributed by atoms with Crippen LogP contribution in [0.2, 0.25) is 0 Å². The van der Waals surface area contributed by atoms with Crippen LogP contribution in [-0.2, 0) is 0 Å². The molecule has 0 fully saturated rings. The summed E-state index contributed by atoms with van der Waals surface area (Å²) in [6, 6.07) is 8.49. The third-order valence-electron chi connectivity index (χ3n) is 2.73. The molecule has 0 saturated carbocycles. The lowest BCUT2D eigenvalue weighted by atomic mass is 9.95. The molecule has 1 aliphatic carbocycles. The molecule has 1 aromatic rings. The predicted octanol–water partition coefficient (Wildman–Crippen LogP) is 3.73. The number of allylic oxidation sites excluding steroid dienone is 4. The van der Waals surface area contributed by atoms with Crippen molar-refractivity contribution in [3.63, 3.8) is 0 Å². The van der Waals surface area contributed by atoms with E-state index >= 15 is 0 Å². The van der Waals surface area contributed by atoms with Gasteiger partial charge in [-0.25, -0.2) is 0 Å². The summed E-state index contributed by atoms with van der Waals surface area (Å²) in [5.41, 5.74) is 5.32. The van der Waals surface area contributed by atoms with Gasteiger partial charge in [0.2, 0.25) is 0 Å². The summed E-state index contributed by atoms with van der Waals surface area (Å²) in [7, 11) is 0. The molecule has 1 aliphatic rings. The highest BCUT2D eigenvalue weighted by molar-refractivity contribution is 5.75. The van der Waals surface area contributed by atoms with Crippen molar-refractivity contribution in [2.45, 2.75) is 20.3 Å². The lowest BCUT2D eigenvalue weighted by Gasteiger charge is -2.10. The summed E-state index contributed by atoms with van der Waals surface area (Å²) >= 11 is 0. The van der Waals surface area contributed by atoms with Crippen molar-refractivity contribution in [3.05, 3.63) is 53.1 Å². The minimum absolute atomic E-state index is 0.851. The van der Waals surface area contributed by atoms with Gasteiger partial charge in [-0.3, -0.25) is 0 Å². The molecule has 0 aromatic heterocycles. The van der Waals surface area contributed by atoms with E-state index < -0.39 is 0 Å². The third kappa shape index (κ3) is 2.02. The molecular weight excluding hydrogens is 180 g/mol. The highest BCUT2D eigenvalue weighted by Crippen LogP contribution is 2.26. The first-order valence-electron chi connectivity index (χ1n) is 5.20. The van der Waals surface area contributed by atoms with Gasteiger partial charge in [-0.2, -0.15) is 0 Å². The summed E-state index contributed by atoms with van der Waals surface area (Å²) in [6.45, 7) is 4.30. The molecule has 0 saturated heterocycles. The molecule has 1 aromatic carbocycles. The molecule has 0 unspecified atom stereocenters. The Hall–Kier alpha value is -1.74. The van der Waals surface area contributed by atoms with Crippen LogP contribution in [0.15, 0.2) is 42.0 Å². The van der Waals surface area contributed by atoms with Crippen LogP contribution in [0.1, 0.15) is 24.5 Å². The zero-order chi connectivity index (χ0) is 10.7. The van der Waals surface area contributed by atoms with E-state index in [1.807, 2.05) is 6.08 Å². The van der Waals surface area contributed by atoms with Crippen LogP contribution in [0.4, 0.5) is 0 Å². The molecule has 0 atom stereocenters. The van der Waals surface area contributed by atoms with Gasteiger partial charge < -0.3 is 0 Å². The molecule has 0 nitrogen and oxygen atoms in total. The lowest BCUT2D eigenvalue weighted by molar-refractivity contribution is 1.33. The minimum Gasteiger partial charge on any atom is -0.0937 e. The second kappa shape index (κ2) is 4.19. The molecule has 0 N–H and O–H groups in total. The minimum atomic E-state index is 0.851. The van der Waals surface area contributed by atoms with E-state index in [-0.39, 0.29) is 0 Å². The van der Waals surface area contributed by atoms with E-state index in [1.165, 1.54) is 22.3 Å². The van der Waals surface area contributed by atoms with Gasteiger partial charge in [0, 0.05) is 6.42 Å². The molecule has 0 aliphatic heterocycles. The summed E-state index contributed by atoms with van der Waals surface area (Å²) in [4.78, 5) is 0. The molecule has 0 heterocycles. The first kappa shape index (κ1) is 9.80. The Morgan fingerprint density at radius 1 is 1.13 bits per heavy atom. The van der Waals surface area contributed by atoms with Crippen LogP contribution in [-0.4, -0.2) is 0 Å². The summed E-state index contributed by atoms with van der Waals surface area (Å²) in [5.74, 6) is 6.18. The monoisotopic (exact) mass is 194 g/mol. The Labute approximate surface area is 91.3 Å². The molecule has 0 radical (unpaired) electrons. The van der Waals surface area contributed by atoms with Gasteiger partial charge >= 0.3 is 0 Å². The second-order valence-electron chi connectivity index (χ2n) is 3.81. The van der Waals surface area contributed by atoms with E-state index in [9.17, 15) is 0 Å². The van der Waals surface area contributed by atoms with Gasteiger partial charge in [-0.1, -0.05) is 42.2 Å². The summed E-state index contributed by atoms with van der Waals surface area (Å²) in [5, 5.41) is 0. The van der Waals surface area contributed by atoms with E-state index in [4.69, 9.17) is 0 Å². The molecule has 0 bridgehead atoms. The van der Waals surface area contributed by atoms with Crippen molar-refractivity contribution in [2.24, 2.45) is 0 Å². The van der Waals surface area contributed by atoms with Gasteiger partial charge in [-0.05, 0) is 42.2 Å². The van der Waals surface area contributed by atoms with Crippen LogP contribution in [0, 0.1) is 18.8 Å². The van der Waals surface area contributed by atoms with Crippen molar-refractivity contribution in [1.82, 2.24) is 0 Å². The third-order valence-corrected chi connectivity index (χ3v) is 2.73. The average molecular weight is 194 g/mol. The van der Waals surface area contributed by atoms with Crippen LogP contribution in [0.3, 0.4) is 0 Å². The van der Waals surface area contributed by atoms with Crippen molar-refractivity contribution in [2.75, 3.05) is 0 Å². The normalized spacial score (nSPS) is 14.5. The van der Waals surface area contributed by atoms with Gasteiger partial charge in [0.15, 0.2) is 0 Å². The first-order chi connectivity index (χ1) is 7.29. The molecule has 74 valence electrons. The van der Waals surface area contributed by atoms with Crippen LogP contribution < -0.4 is 0 Å². The first-order valence-corrected chi connectivity index (χ1v) is 5.20. The van der Waals surface area contributed by atoms with E-state index in [2.05, 4.69) is 56.0 Å². The maximum Gasteiger partial charge on any atom is 0.0352 e. The van der Waals surface area contributed by atoms with Gasteiger partial charge in [0.25, 0.3) is 0 Å². The van der Waals surface area contributed by atoms with E-state index in [0.29, 0.717) is 0 Å². The maximum absolute atomic E-state index is 3.16. The molecule has 0 amide bonds. The number of hydrogen-bond acceptors (Lipinski definition) is 0. The van der Waals surface area contributed by atoms with Gasteiger partial charge in [-0.15, -0.1) is 0 Å². The predicted molar refractivity (Wildman–Crippen MR) is 65.3 cm³/mol. The zero-order valence-electron chi connectivity index (χ0n) is 9.17. The fraction of sp³-hybridized carbons (Fsp3) is 0.200. The van der Waals surface area contributed by atoms with Crippen LogP contribution >= 0.6 is 0 Å². The number of aryl methyl sites for hydroxylation is 1. The Kier molecular flexibility index (Phi) is 2.74. The van der Waals surface area contributed by atoms with Crippen molar-refractivity contribution in [1.29, 1.82) is 0 Å².